The fraction of sp³-hybridized carbons (Fsp3) is 0.458. The maximum absolute atomic E-state index is 12.6. The average molecular weight is 410 g/mol. The zero-order valence-electron chi connectivity index (χ0n) is 17.7. The molecule has 0 radical (unpaired) electrons. The Morgan fingerprint density at radius 3 is 2.63 bits per heavy atom. The zero-order valence-corrected chi connectivity index (χ0v) is 17.7. The second kappa shape index (κ2) is 9.96. The van der Waals surface area contributed by atoms with Crippen LogP contribution in [0.2, 0.25) is 0 Å². The van der Waals surface area contributed by atoms with Crippen LogP contribution in [0.15, 0.2) is 48.5 Å². The van der Waals surface area contributed by atoms with Gasteiger partial charge in [-0.25, -0.2) is 0 Å². The first kappa shape index (κ1) is 20.7. The predicted molar refractivity (Wildman–Crippen MR) is 117 cm³/mol. The number of methoxy groups -OCH3 is 1. The molecule has 6 nitrogen and oxygen atoms in total. The number of nitrogens with zero attached hydrogens (tertiary/aromatic N) is 2. The maximum atomic E-state index is 12.6. The van der Waals surface area contributed by atoms with E-state index in [0.29, 0.717) is 19.6 Å². The Morgan fingerprint density at radius 2 is 1.87 bits per heavy atom. The van der Waals surface area contributed by atoms with Crippen LogP contribution in [0.5, 0.6) is 11.5 Å². The number of amides is 1. The van der Waals surface area contributed by atoms with E-state index in [4.69, 9.17) is 9.47 Å². The van der Waals surface area contributed by atoms with Gasteiger partial charge < -0.3 is 14.8 Å². The smallest absolute Gasteiger partial charge is 0.226 e. The molecule has 1 saturated heterocycles. The first-order valence-corrected chi connectivity index (χ1v) is 10.8. The number of hydrogen-bond acceptors (Lipinski definition) is 5. The third kappa shape index (κ3) is 5.32. The van der Waals surface area contributed by atoms with Crippen molar-refractivity contribution < 1.29 is 14.3 Å². The number of carbonyl (C=O) groups excluding carboxylic acids is 1. The minimum atomic E-state index is -0.146. The Labute approximate surface area is 178 Å². The molecule has 0 aromatic heterocycles. The number of carbonyl (C=O) groups is 1. The van der Waals surface area contributed by atoms with Gasteiger partial charge in [0.15, 0.2) is 0 Å². The van der Waals surface area contributed by atoms with Crippen molar-refractivity contribution in [2.75, 3.05) is 53.0 Å². The van der Waals surface area contributed by atoms with E-state index in [1.54, 1.807) is 7.11 Å². The van der Waals surface area contributed by atoms with Crippen LogP contribution in [0.1, 0.15) is 11.1 Å². The SMILES string of the molecule is COc1ccc2c(c1)C[C@H](C(=O)NCCN1CCN(Cc3ccccc3)CC1)CO2. The standard InChI is InChI=1S/C24H31N3O3/c1-29-22-7-8-23-20(16-22)15-21(18-30-23)24(28)25-9-10-26-11-13-27(14-12-26)17-19-5-3-2-4-6-19/h2-8,16,21H,9-15,17-18H2,1H3,(H,25,28)/t21-/m0/s1. The fourth-order valence-electron chi connectivity index (χ4n) is 4.16. The summed E-state index contributed by atoms with van der Waals surface area (Å²) in [6.45, 7) is 7.24. The lowest BCUT2D eigenvalue weighted by Crippen LogP contribution is -2.48. The van der Waals surface area contributed by atoms with Gasteiger partial charge in [-0.05, 0) is 35.7 Å². The van der Waals surface area contributed by atoms with E-state index in [1.807, 2.05) is 18.2 Å². The zero-order chi connectivity index (χ0) is 20.8. The van der Waals surface area contributed by atoms with E-state index in [0.717, 1.165) is 56.3 Å². The number of fused-ring (bicyclic) bond motifs is 1. The molecule has 2 aliphatic rings. The highest BCUT2D eigenvalue weighted by atomic mass is 16.5. The number of piperazine rings is 1. The first-order chi connectivity index (χ1) is 14.7. The Hall–Kier alpha value is -2.57. The van der Waals surface area contributed by atoms with Crippen LogP contribution >= 0.6 is 0 Å². The highest BCUT2D eigenvalue weighted by molar-refractivity contribution is 5.79. The molecule has 1 atom stereocenters. The Morgan fingerprint density at radius 1 is 1.10 bits per heavy atom. The molecule has 2 aromatic rings. The Bertz CT molecular complexity index is 835. The molecule has 160 valence electrons. The van der Waals surface area contributed by atoms with Crippen molar-refractivity contribution in [1.82, 2.24) is 15.1 Å². The summed E-state index contributed by atoms with van der Waals surface area (Å²) < 4.78 is 11.1. The first-order valence-electron chi connectivity index (χ1n) is 10.8. The topological polar surface area (TPSA) is 54.0 Å². The molecule has 1 N–H and O–H groups in total. The van der Waals surface area contributed by atoms with E-state index < -0.39 is 0 Å². The van der Waals surface area contributed by atoms with E-state index in [-0.39, 0.29) is 11.8 Å². The molecule has 0 spiro atoms. The minimum Gasteiger partial charge on any atom is -0.497 e. The lowest BCUT2D eigenvalue weighted by atomic mass is 9.96. The molecule has 30 heavy (non-hydrogen) atoms. The van der Waals surface area contributed by atoms with Crippen LogP contribution in [-0.4, -0.2) is 68.7 Å². The fourth-order valence-corrected chi connectivity index (χ4v) is 4.16. The lowest BCUT2D eigenvalue weighted by Gasteiger charge is -2.34. The molecule has 6 heteroatoms. The second-order valence-electron chi connectivity index (χ2n) is 8.08. The van der Waals surface area contributed by atoms with Crippen LogP contribution in [-0.2, 0) is 17.8 Å². The third-order valence-electron chi connectivity index (χ3n) is 5.99. The largest absolute Gasteiger partial charge is 0.497 e. The normalized spacial score (nSPS) is 19.6. The molecular formula is C24H31N3O3. The van der Waals surface area contributed by atoms with Gasteiger partial charge in [-0.1, -0.05) is 30.3 Å². The number of rotatable bonds is 7. The monoisotopic (exact) mass is 409 g/mol. The molecule has 2 aromatic carbocycles. The quantitative estimate of drug-likeness (QED) is 0.760. The minimum absolute atomic E-state index is 0.0752. The molecule has 0 saturated carbocycles. The van der Waals surface area contributed by atoms with Crippen LogP contribution < -0.4 is 14.8 Å². The van der Waals surface area contributed by atoms with E-state index in [2.05, 4.69) is 45.4 Å². The molecule has 0 bridgehead atoms. The maximum Gasteiger partial charge on any atom is 0.226 e. The van der Waals surface area contributed by atoms with Crippen molar-refractivity contribution in [1.29, 1.82) is 0 Å². The summed E-state index contributed by atoms with van der Waals surface area (Å²) in [6, 6.07) is 16.4. The van der Waals surface area contributed by atoms with Gasteiger partial charge >= 0.3 is 0 Å². The summed E-state index contributed by atoms with van der Waals surface area (Å²) in [5.41, 5.74) is 2.40. The van der Waals surface area contributed by atoms with Crippen LogP contribution in [0.4, 0.5) is 0 Å². The molecule has 2 heterocycles. The van der Waals surface area contributed by atoms with Gasteiger partial charge in [-0.3, -0.25) is 14.6 Å². The number of hydrogen-bond donors (Lipinski definition) is 1. The number of ether oxygens (including phenoxy) is 2. The van der Waals surface area contributed by atoms with Crippen LogP contribution in [0.25, 0.3) is 0 Å². The summed E-state index contributed by atoms with van der Waals surface area (Å²) in [7, 11) is 1.65. The van der Waals surface area contributed by atoms with Gasteiger partial charge in [0, 0.05) is 45.8 Å². The Kier molecular flexibility index (Phi) is 6.87. The summed E-state index contributed by atoms with van der Waals surface area (Å²) in [5.74, 6) is 1.58. The summed E-state index contributed by atoms with van der Waals surface area (Å²) in [4.78, 5) is 17.5. The summed E-state index contributed by atoms with van der Waals surface area (Å²) in [5, 5.41) is 3.10. The van der Waals surface area contributed by atoms with Gasteiger partial charge in [0.25, 0.3) is 0 Å². The summed E-state index contributed by atoms with van der Waals surface area (Å²) in [6.07, 6.45) is 0.691. The van der Waals surface area contributed by atoms with Gasteiger partial charge in [-0.15, -0.1) is 0 Å². The molecule has 4 rings (SSSR count). The van der Waals surface area contributed by atoms with Crippen molar-refractivity contribution in [2.45, 2.75) is 13.0 Å². The van der Waals surface area contributed by atoms with Crippen molar-refractivity contribution in [2.24, 2.45) is 5.92 Å². The number of benzene rings is 2. The average Bonchev–Trinajstić information content (AvgIpc) is 2.80. The molecule has 1 fully saturated rings. The lowest BCUT2D eigenvalue weighted by molar-refractivity contribution is -0.126. The molecule has 2 aliphatic heterocycles. The van der Waals surface area contributed by atoms with Crippen LogP contribution in [0, 0.1) is 5.92 Å². The van der Waals surface area contributed by atoms with Gasteiger partial charge in [-0.2, -0.15) is 0 Å². The van der Waals surface area contributed by atoms with Crippen molar-refractivity contribution in [3.8, 4) is 11.5 Å². The molecule has 0 unspecified atom stereocenters. The van der Waals surface area contributed by atoms with Crippen molar-refractivity contribution in [3.63, 3.8) is 0 Å². The molecule has 0 aliphatic carbocycles. The van der Waals surface area contributed by atoms with Gasteiger partial charge in [0.1, 0.15) is 18.1 Å². The number of nitrogens with one attached hydrogen (secondary N) is 1. The highest BCUT2D eigenvalue weighted by Gasteiger charge is 2.26. The molecule has 1 amide bonds. The summed E-state index contributed by atoms with van der Waals surface area (Å²) >= 11 is 0. The highest BCUT2D eigenvalue weighted by Crippen LogP contribution is 2.30. The van der Waals surface area contributed by atoms with Crippen molar-refractivity contribution >= 4 is 5.91 Å². The third-order valence-corrected chi connectivity index (χ3v) is 5.99. The van der Waals surface area contributed by atoms with E-state index >= 15 is 0 Å². The van der Waals surface area contributed by atoms with E-state index in [1.165, 1.54) is 5.56 Å². The van der Waals surface area contributed by atoms with Gasteiger partial charge in [0.05, 0.1) is 13.0 Å². The van der Waals surface area contributed by atoms with Crippen LogP contribution in [0.3, 0.4) is 0 Å². The molecular weight excluding hydrogens is 378 g/mol. The second-order valence-corrected chi connectivity index (χ2v) is 8.08. The van der Waals surface area contributed by atoms with E-state index in [9.17, 15) is 4.79 Å². The Balaban J connectivity index is 1.17. The van der Waals surface area contributed by atoms with Gasteiger partial charge in [0.2, 0.25) is 5.91 Å². The van der Waals surface area contributed by atoms with Crippen molar-refractivity contribution in [3.05, 3.63) is 59.7 Å². The predicted octanol–water partition coefficient (Wildman–Crippen LogP) is 2.18.